The molecule has 3 N–H and O–H groups in total. The number of carboxylic acids is 1. The van der Waals surface area contributed by atoms with Crippen LogP contribution < -0.4 is 5.32 Å². The zero-order valence-electron chi connectivity index (χ0n) is 11.7. The summed E-state index contributed by atoms with van der Waals surface area (Å²) in [6, 6.07) is 5.60. The van der Waals surface area contributed by atoms with Crippen LogP contribution in [0.25, 0.3) is 0 Å². The predicted octanol–water partition coefficient (Wildman–Crippen LogP) is 2.80. The van der Waals surface area contributed by atoms with E-state index in [1.807, 2.05) is 16.8 Å². The Bertz CT molecular complexity index is 695. The van der Waals surface area contributed by atoms with Gasteiger partial charge in [-0.15, -0.1) is 0 Å². The normalized spacial score (nSPS) is 14.7. The van der Waals surface area contributed by atoms with Gasteiger partial charge in [0.25, 0.3) is 5.91 Å². The molecule has 0 aromatic carbocycles. The van der Waals surface area contributed by atoms with E-state index in [9.17, 15) is 9.59 Å². The summed E-state index contributed by atoms with van der Waals surface area (Å²) in [4.78, 5) is 26.3. The minimum Gasteiger partial charge on any atom is -0.477 e. The molecule has 0 radical (unpaired) electrons. The predicted molar refractivity (Wildman–Crippen MR) is 77.8 cm³/mol. The first-order valence-corrected chi connectivity index (χ1v) is 6.97. The van der Waals surface area contributed by atoms with Crippen LogP contribution in [0.1, 0.15) is 52.0 Å². The molecule has 2 aromatic rings. The van der Waals surface area contributed by atoms with E-state index < -0.39 is 5.97 Å². The summed E-state index contributed by atoms with van der Waals surface area (Å²) in [7, 11) is 0. The van der Waals surface area contributed by atoms with Crippen molar-refractivity contribution in [1.29, 1.82) is 0 Å². The van der Waals surface area contributed by atoms with Gasteiger partial charge in [-0.05, 0) is 44.4 Å². The largest absolute Gasteiger partial charge is 0.477 e. The van der Waals surface area contributed by atoms with E-state index in [4.69, 9.17) is 5.11 Å². The maximum Gasteiger partial charge on any atom is 0.354 e. The van der Waals surface area contributed by atoms with Gasteiger partial charge in [-0.25, -0.2) is 4.79 Å². The van der Waals surface area contributed by atoms with Gasteiger partial charge in [0, 0.05) is 17.9 Å². The topological polar surface area (TPSA) is 87.1 Å². The second-order valence-corrected chi connectivity index (χ2v) is 5.39. The van der Waals surface area contributed by atoms with Crippen LogP contribution in [-0.2, 0) is 0 Å². The molecule has 2 heterocycles. The third-order valence-electron chi connectivity index (χ3n) is 3.89. The fraction of sp³-hybridized carbons (Fsp3) is 0.333. The Kier molecular flexibility index (Phi) is 3.29. The molecule has 110 valence electrons. The fourth-order valence-corrected chi connectivity index (χ4v) is 2.61. The summed E-state index contributed by atoms with van der Waals surface area (Å²) in [5.74, 6) is -1.37. The van der Waals surface area contributed by atoms with Crippen LogP contribution in [-0.4, -0.2) is 26.5 Å². The Labute approximate surface area is 121 Å². The van der Waals surface area contributed by atoms with Crippen LogP contribution >= 0.6 is 0 Å². The summed E-state index contributed by atoms with van der Waals surface area (Å²) in [5.41, 5.74) is 1.56. The Balaban J connectivity index is 1.84. The van der Waals surface area contributed by atoms with Gasteiger partial charge in [0.15, 0.2) is 0 Å². The molecule has 2 aromatic heterocycles. The Hall–Kier alpha value is -2.50. The number of amides is 1. The van der Waals surface area contributed by atoms with Gasteiger partial charge in [0.1, 0.15) is 11.4 Å². The van der Waals surface area contributed by atoms with E-state index in [0.717, 1.165) is 12.8 Å². The number of anilines is 1. The number of rotatable bonds is 4. The number of carbonyl (C=O) groups is 2. The molecule has 0 bridgehead atoms. The lowest BCUT2D eigenvalue weighted by molar-refractivity contribution is 0.0692. The highest BCUT2D eigenvalue weighted by molar-refractivity contribution is 6.06. The molecule has 6 nitrogen and oxygen atoms in total. The van der Waals surface area contributed by atoms with Gasteiger partial charge >= 0.3 is 5.97 Å². The highest BCUT2D eigenvalue weighted by atomic mass is 16.4. The van der Waals surface area contributed by atoms with Crippen LogP contribution in [0.4, 0.5) is 5.69 Å². The summed E-state index contributed by atoms with van der Waals surface area (Å²) >= 11 is 0. The van der Waals surface area contributed by atoms with E-state index in [0.29, 0.717) is 23.1 Å². The number of hydrogen-bond donors (Lipinski definition) is 3. The first-order valence-electron chi connectivity index (χ1n) is 6.97. The smallest absolute Gasteiger partial charge is 0.354 e. The fourth-order valence-electron chi connectivity index (χ4n) is 2.61. The van der Waals surface area contributed by atoms with E-state index in [1.54, 1.807) is 19.1 Å². The molecular weight excluding hydrogens is 270 g/mol. The average Bonchev–Trinajstić information content (AvgIpc) is 2.94. The number of carbonyl (C=O) groups excluding carboxylic acids is 1. The molecule has 0 spiro atoms. The summed E-state index contributed by atoms with van der Waals surface area (Å²) < 4.78 is 1.97. The Morgan fingerprint density at radius 2 is 2.19 bits per heavy atom. The van der Waals surface area contributed by atoms with Crippen molar-refractivity contribution in [1.82, 2.24) is 9.55 Å². The maximum absolute atomic E-state index is 12.4. The summed E-state index contributed by atoms with van der Waals surface area (Å²) in [5, 5.41) is 11.8. The minimum atomic E-state index is -1.09. The van der Waals surface area contributed by atoms with Gasteiger partial charge in [0.2, 0.25) is 0 Å². The number of nitrogens with one attached hydrogen (secondary N) is 2. The third kappa shape index (κ3) is 2.44. The summed E-state index contributed by atoms with van der Waals surface area (Å²) in [6.07, 6.45) is 5.25. The van der Waals surface area contributed by atoms with E-state index in [-0.39, 0.29) is 11.6 Å². The van der Waals surface area contributed by atoms with Crippen molar-refractivity contribution < 1.29 is 14.7 Å². The molecule has 1 saturated carbocycles. The van der Waals surface area contributed by atoms with E-state index in [1.165, 1.54) is 6.42 Å². The zero-order valence-corrected chi connectivity index (χ0v) is 11.7. The van der Waals surface area contributed by atoms with Crippen LogP contribution in [0.2, 0.25) is 0 Å². The third-order valence-corrected chi connectivity index (χ3v) is 3.89. The SMILES string of the molecule is Cc1cc(NC(=O)c2cccn2C2CCC2)c(C(=O)O)[nH]1. The number of aryl methyl sites for hydroxylation is 1. The zero-order chi connectivity index (χ0) is 15.0. The number of nitrogens with zero attached hydrogens (tertiary/aromatic N) is 1. The Morgan fingerprint density at radius 1 is 1.43 bits per heavy atom. The van der Waals surface area contributed by atoms with Gasteiger partial charge in [-0.2, -0.15) is 0 Å². The highest BCUT2D eigenvalue weighted by Gasteiger charge is 2.24. The second kappa shape index (κ2) is 5.12. The average molecular weight is 287 g/mol. The lowest BCUT2D eigenvalue weighted by atomic mass is 9.93. The molecular formula is C15H17N3O3. The molecule has 0 atom stereocenters. The van der Waals surface area contributed by atoms with Crippen molar-refractivity contribution in [2.45, 2.75) is 32.2 Å². The Morgan fingerprint density at radius 3 is 2.81 bits per heavy atom. The van der Waals surface area contributed by atoms with Crippen LogP contribution in [0, 0.1) is 6.92 Å². The first kappa shape index (κ1) is 13.5. The number of H-pyrrole nitrogens is 1. The van der Waals surface area contributed by atoms with Crippen molar-refractivity contribution >= 4 is 17.6 Å². The first-order chi connectivity index (χ1) is 10.1. The highest BCUT2D eigenvalue weighted by Crippen LogP contribution is 2.33. The molecule has 0 aliphatic heterocycles. The number of aromatic amines is 1. The number of carboxylic acid groups (broad SMARTS) is 1. The molecule has 21 heavy (non-hydrogen) atoms. The molecule has 1 aliphatic rings. The van der Waals surface area contributed by atoms with Crippen LogP contribution in [0.5, 0.6) is 0 Å². The minimum absolute atomic E-state index is 0.00241. The van der Waals surface area contributed by atoms with Gasteiger partial charge in [-0.3, -0.25) is 4.79 Å². The monoisotopic (exact) mass is 287 g/mol. The lowest BCUT2D eigenvalue weighted by Crippen LogP contribution is -2.23. The number of aromatic carboxylic acids is 1. The van der Waals surface area contributed by atoms with Crippen molar-refractivity contribution in [3.63, 3.8) is 0 Å². The molecule has 0 saturated heterocycles. The lowest BCUT2D eigenvalue weighted by Gasteiger charge is -2.28. The van der Waals surface area contributed by atoms with E-state index in [2.05, 4.69) is 10.3 Å². The molecule has 3 rings (SSSR count). The molecule has 1 amide bonds. The molecule has 6 heteroatoms. The molecule has 1 aliphatic carbocycles. The number of hydrogen-bond acceptors (Lipinski definition) is 2. The van der Waals surface area contributed by atoms with Crippen molar-refractivity contribution in [3.8, 4) is 0 Å². The maximum atomic E-state index is 12.4. The second-order valence-electron chi connectivity index (χ2n) is 5.39. The standard InChI is InChI=1S/C15H17N3O3/c1-9-8-11(13(16-9)15(20)21)17-14(19)12-6-3-7-18(12)10-4-2-5-10/h3,6-8,10,16H,2,4-5H2,1H3,(H,17,19)(H,20,21). The summed E-state index contributed by atoms with van der Waals surface area (Å²) in [6.45, 7) is 1.75. The van der Waals surface area contributed by atoms with Crippen molar-refractivity contribution in [2.75, 3.05) is 5.32 Å². The van der Waals surface area contributed by atoms with Gasteiger partial charge in [0.05, 0.1) is 5.69 Å². The number of aromatic nitrogens is 2. The van der Waals surface area contributed by atoms with Gasteiger partial charge < -0.3 is 20.0 Å². The van der Waals surface area contributed by atoms with Crippen molar-refractivity contribution in [2.24, 2.45) is 0 Å². The van der Waals surface area contributed by atoms with Crippen LogP contribution in [0.3, 0.4) is 0 Å². The molecule has 0 unspecified atom stereocenters. The van der Waals surface area contributed by atoms with Crippen molar-refractivity contribution in [3.05, 3.63) is 41.5 Å². The quantitative estimate of drug-likeness (QED) is 0.808. The van der Waals surface area contributed by atoms with Crippen LogP contribution in [0.15, 0.2) is 24.4 Å². The molecule has 1 fully saturated rings. The van der Waals surface area contributed by atoms with Gasteiger partial charge in [-0.1, -0.05) is 0 Å². The van der Waals surface area contributed by atoms with E-state index >= 15 is 0 Å².